The normalized spacial score (nSPS) is 31.8. The van der Waals surface area contributed by atoms with Gasteiger partial charge in [-0.25, -0.2) is 0 Å². The van der Waals surface area contributed by atoms with E-state index in [1.165, 1.54) is 0 Å². The molecule has 22 heavy (non-hydrogen) atoms. The second-order valence-corrected chi connectivity index (χ2v) is 5.81. The van der Waals surface area contributed by atoms with Gasteiger partial charge in [0.2, 0.25) is 0 Å². The van der Waals surface area contributed by atoms with Crippen molar-refractivity contribution in [2.24, 2.45) is 11.8 Å². The van der Waals surface area contributed by atoms with Gasteiger partial charge in [-0.2, -0.15) is 0 Å². The van der Waals surface area contributed by atoms with E-state index in [0.717, 1.165) is 0 Å². The van der Waals surface area contributed by atoms with Crippen LogP contribution in [0, 0.1) is 24.2 Å². The highest BCUT2D eigenvalue weighted by molar-refractivity contribution is 5.71. The molecule has 1 saturated heterocycles. The maximum atomic E-state index is 11.8. The van der Waals surface area contributed by atoms with Gasteiger partial charge in [0.25, 0.3) is 0 Å². The van der Waals surface area contributed by atoms with Crippen LogP contribution in [0.15, 0.2) is 0 Å². The van der Waals surface area contributed by atoms with Crippen molar-refractivity contribution in [1.82, 2.24) is 0 Å². The quantitative estimate of drug-likeness (QED) is 0.409. The Balaban J connectivity index is 2.71. The second-order valence-electron chi connectivity index (χ2n) is 5.81. The lowest BCUT2D eigenvalue weighted by Crippen LogP contribution is -2.57. The molecule has 0 aliphatic carbocycles. The molecule has 0 aromatic carbocycles. The maximum absolute atomic E-state index is 11.8. The van der Waals surface area contributed by atoms with E-state index in [2.05, 4.69) is 5.92 Å². The third kappa shape index (κ3) is 4.96. The number of hydrogen-bond donors (Lipinski definition) is 2. The maximum Gasteiger partial charge on any atom is 0.308 e. The molecular weight excluding hydrogens is 288 g/mol. The molecule has 6 nitrogen and oxygen atoms in total. The molecule has 1 aliphatic heterocycles. The molecule has 0 radical (unpaired) electrons. The summed E-state index contributed by atoms with van der Waals surface area (Å²) in [5, 5.41) is 19.5. The third-order valence-corrected chi connectivity index (χ3v) is 3.63. The summed E-state index contributed by atoms with van der Waals surface area (Å²) in [5.41, 5.74) is 0. The molecule has 1 heterocycles. The summed E-state index contributed by atoms with van der Waals surface area (Å²) in [5.74, 6) is 1.46. The Hall–Kier alpha value is -1.13. The van der Waals surface area contributed by atoms with Crippen LogP contribution >= 0.6 is 0 Å². The Morgan fingerprint density at radius 1 is 1.45 bits per heavy atom. The number of ether oxygens (including phenoxy) is 3. The Kier molecular flexibility index (Phi) is 7.83. The predicted octanol–water partition coefficient (Wildman–Crippen LogP) is 0.698. The largest absolute Gasteiger partial charge is 0.459 e. The lowest BCUT2D eigenvalue weighted by atomic mass is 9.92. The summed E-state index contributed by atoms with van der Waals surface area (Å²) in [7, 11) is 0. The van der Waals surface area contributed by atoms with E-state index in [1.807, 2.05) is 0 Å². The number of hydrogen-bond acceptors (Lipinski definition) is 6. The highest BCUT2D eigenvalue weighted by Crippen LogP contribution is 2.29. The summed E-state index contributed by atoms with van der Waals surface area (Å²) >= 11 is 0. The van der Waals surface area contributed by atoms with Gasteiger partial charge < -0.3 is 24.4 Å². The average Bonchev–Trinajstić information content (AvgIpc) is 2.49. The van der Waals surface area contributed by atoms with E-state index in [0.29, 0.717) is 19.4 Å². The van der Waals surface area contributed by atoms with Crippen LogP contribution < -0.4 is 0 Å². The number of unbranched alkanes of at least 4 members (excludes halogenated alkanes) is 1. The minimum Gasteiger partial charge on any atom is -0.459 e. The molecular formula is C16H26O6. The fraction of sp³-hybridized carbons (Fsp3) is 0.812. The van der Waals surface area contributed by atoms with E-state index < -0.39 is 30.6 Å². The van der Waals surface area contributed by atoms with Crippen LogP contribution in [-0.2, 0) is 19.0 Å². The molecule has 2 N–H and O–H groups in total. The molecule has 0 saturated carbocycles. The van der Waals surface area contributed by atoms with E-state index in [4.69, 9.17) is 20.6 Å². The van der Waals surface area contributed by atoms with Crippen molar-refractivity contribution in [2.45, 2.75) is 58.2 Å². The van der Waals surface area contributed by atoms with Crippen molar-refractivity contribution in [3.05, 3.63) is 0 Å². The van der Waals surface area contributed by atoms with Gasteiger partial charge in [-0.1, -0.05) is 20.8 Å². The van der Waals surface area contributed by atoms with Crippen LogP contribution in [0.1, 0.15) is 33.6 Å². The lowest BCUT2D eigenvalue weighted by Gasteiger charge is -2.42. The van der Waals surface area contributed by atoms with E-state index in [1.54, 1.807) is 20.8 Å². The lowest BCUT2D eigenvalue weighted by molar-refractivity contribution is -0.285. The van der Waals surface area contributed by atoms with Crippen molar-refractivity contribution in [2.75, 3.05) is 13.2 Å². The van der Waals surface area contributed by atoms with Gasteiger partial charge in [0, 0.05) is 12.3 Å². The summed E-state index contributed by atoms with van der Waals surface area (Å²) in [6.45, 7) is 5.24. The first kappa shape index (κ1) is 18.9. The first-order valence-electron chi connectivity index (χ1n) is 7.62. The van der Waals surface area contributed by atoms with E-state index >= 15 is 0 Å². The van der Waals surface area contributed by atoms with E-state index in [-0.39, 0.29) is 18.4 Å². The number of terminal acetylenes is 1. The Bertz CT molecular complexity index is 389. The van der Waals surface area contributed by atoms with Gasteiger partial charge >= 0.3 is 5.97 Å². The molecule has 0 amide bonds. The van der Waals surface area contributed by atoms with Crippen molar-refractivity contribution >= 4 is 5.97 Å². The molecule has 1 rings (SSSR count). The number of carbonyl (C=O) groups is 1. The fourth-order valence-corrected chi connectivity index (χ4v) is 2.22. The summed E-state index contributed by atoms with van der Waals surface area (Å²) in [6, 6.07) is 0. The zero-order chi connectivity index (χ0) is 16.7. The Labute approximate surface area is 131 Å². The van der Waals surface area contributed by atoms with Gasteiger partial charge in [0.1, 0.15) is 18.3 Å². The molecule has 0 spiro atoms. The number of rotatable bonds is 7. The van der Waals surface area contributed by atoms with E-state index in [9.17, 15) is 15.0 Å². The number of aliphatic hydroxyl groups is 2. The molecule has 1 aliphatic rings. The van der Waals surface area contributed by atoms with Crippen LogP contribution in [0.5, 0.6) is 0 Å². The summed E-state index contributed by atoms with van der Waals surface area (Å²) < 4.78 is 16.5. The summed E-state index contributed by atoms with van der Waals surface area (Å²) in [6.07, 6.45) is 3.08. The molecule has 6 heteroatoms. The molecule has 0 aromatic rings. The minimum atomic E-state index is -1.09. The van der Waals surface area contributed by atoms with Gasteiger partial charge in [-0.05, 0) is 6.42 Å². The first-order valence-corrected chi connectivity index (χ1v) is 7.62. The SMILES string of the molecule is C#CCCCO[C@@H]1O[C@H](CO)[C@H](O)[C@H](OC(=O)C(C)C)[C@H]1C. The van der Waals surface area contributed by atoms with Crippen molar-refractivity contribution in [3.63, 3.8) is 0 Å². The van der Waals surface area contributed by atoms with Crippen LogP contribution in [0.2, 0.25) is 0 Å². The van der Waals surface area contributed by atoms with Gasteiger partial charge in [-0.3, -0.25) is 4.79 Å². The van der Waals surface area contributed by atoms with Crippen LogP contribution in [-0.4, -0.2) is 54.0 Å². The van der Waals surface area contributed by atoms with Crippen LogP contribution in [0.3, 0.4) is 0 Å². The zero-order valence-electron chi connectivity index (χ0n) is 13.4. The first-order chi connectivity index (χ1) is 10.4. The van der Waals surface area contributed by atoms with Gasteiger partial charge in [0.05, 0.1) is 19.1 Å². The molecule has 0 bridgehead atoms. The van der Waals surface area contributed by atoms with Crippen LogP contribution in [0.25, 0.3) is 0 Å². The Morgan fingerprint density at radius 2 is 2.14 bits per heavy atom. The van der Waals surface area contributed by atoms with Crippen molar-refractivity contribution in [1.29, 1.82) is 0 Å². The van der Waals surface area contributed by atoms with Gasteiger partial charge in [-0.15, -0.1) is 12.3 Å². The predicted molar refractivity (Wildman–Crippen MR) is 79.7 cm³/mol. The zero-order valence-corrected chi connectivity index (χ0v) is 13.4. The smallest absolute Gasteiger partial charge is 0.308 e. The van der Waals surface area contributed by atoms with Crippen molar-refractivity contribution < 1.29 is 29.2 Å². The molecule has 0 aromatic heterocycles. The number of esters is 1. The monoisotopic (exact) mass is 314 g/mol. The Morgan fingerprint density at radius 3 is 2.68 bits per heavy atom. The average molecular weight is 314 g/mol. The second kappa shape index (κ2) is 9.11. The molecule has 0 unspecified atom stereocenters. The standard InChI is InChI=1S/C16H26O6/c1-5-6-7-8-20-16-11(4)14(22-15(19)10(2)3)13(18)12(9-17)21-16/h1,10-14,16-18H,6-9H2,2-4H3/t11-,12-,13+,14-,16-/m1/s1. The third-order valence-electron chi connectivity index (χ3n) is 3.63. The van der Waals surface area contributed by atoms with Gasteiger partial charge in [0.15, 0.2) is 6.29 Å². The molecule has 5 atom stereocenters. The highest BCUT2D eigenvalue weighted by atomic mass is 16.7. The van der Waals surface area contributed by atoms with Crippen LogP contribution in [0.4, 0.5) is 0 Å². The molecule has 1 fully saturated rings. The number of carbonyl (C=O) groups excluding carboxylic acids is 1. The fourth-order valence-electron chi connectivity index (χ4n) is 2.22. The summed E-state index contributed by atoms with van der Waals surface area (Å²) in [4.78, 5) is 11.8. The number of aliphatic hydroxyl groups excluding tert-OH is 2. The topological polar surface area (TPSA) is 85.2 Å². The van der Waals surface area contributed by atoms with Crippen molar-refractivity contribution in [3.8, 4) is 12.3 Å². The minimum absolute atomic E-state index is 0.301. The highest BCUT2D eigenvalue weighted by Gasteiger charge is 2.45. The molecule has 126 valence electrons.